The summed E-state index contributed by atoms with van der Waals surface area (Å²) in [5.41, 5.74) is 7.65. The van der Waals surface area contributed by atoms with E-state index in [-0.39, 0.29) is 5.91 Å². The number of hydrogen-bond acceptors (Lipinski definition) is 4. The lowest BCUT2D eigenvalue weighted by molar-refractivity contribution is 0.0770. The predicted octanol–water partition coefficient (Wildman–Crippen LogP) is 3.53. The monoisotopic (exact) mass is 303 g/mol. The Bertz CT molecular complexity index is 675. The number of carbonyl (C=O) groups excluding carboxylic acids is 1. The molecule has 2 N–H and O–H groups in total. The molecule has 0 unspecified atom stereocenters. The van der Waals surface area contributed by atoms with Crippen LogP contribution in [0.1, 0.15) is 43.5 Å². The second kappa shape index (κ2) is 5.30. The van der Waals surface area contributed by atoms with E-state index >= 15 is 0 Å². The van der Waals surface area contributed by atoms with Crippen molar-refractivity contribution in [3.63, 3.8) is 0 Å². The van der Waals surface area contributed by atoms with Gasteiger partial charge in [-0.05, 0) is 42.9 Å². The average Bonchev–Trinajstić information content (AvgIpc) is 3.08. The number of carbonyl (C=O) groups is 1. The van der Waals surface area contributed by atoms with Crippen LogP contribution >= 0.6 is 11.3 Å². The van der Waals surface area contributed by atoms with Crippen LogP contribution in [0.15, 0.2) is 18.2 Å². The minimum Gasteiger partial charge on any atom is -0.375 e. The number of aromatic nitrogens is 1. The number of nitrogens with two attached hydrogens (primary N) is 1. The SMILES string of the molecule is CCC1(CC)CCN(C(=O)c2ccc3nc(N)sc3c2)C1. The van der Waals surface area contributed by atoms with E-state index in [0.29, 0.717) is 10.5 Å². The van der Waals surface area contributed by atoms with Gasteiger partial charge in [0.15, 0.2) is 5.13 Å². The quantitative estimate of drug-likeness (QED) is 0.943. The molecule has 112 valence electrons. The van der Waals surface area contributed by atoms with Crippen LogP contribution in [0.25, 0.3) is 10.2 Å². The Kier molecular flexibility index (Phi) is 3.61. The zero-order valence-corrected chi connectivity index (χ0v) is 13.4. The minimum absolute atomic E-state index is 0.132. The molecule has 1 saturated heterocycles. The molecule has 1 aliphatic heterocycles. The first-order chi connectivity index (χ1) is 10.1. The van der Waals surface area contributed by atoms with Crippen LogP contribution in [0, 0.1) is 5.41 Å². The Hall–Kier alpha value is -1.62. The van der Waals surface area contributed by atoms with Gasteiger partial charge in [0, 0.05) is 18.7 Å². The number of benzene rings is 1. The fourth-order valence-corrected chi connectivity index (χ4v) is 3.97. The largest absolute Gasteiger partial charge is 0.375 e. The first-order valence-electron chi connectivity index (χ1n) is 7.52. The average molecular weight is 303 g/mol. The third-order valence-electron chi connectivity index (χ3n) is 4.88. The Balaban J connectivity index is 1.84. The van der Waals surface area contributed by atoms with Crippen molar-refractivity contribution >= 4 is 32.6 Å². The second-order valence-corrected chi connectivity index (χ2v) is 6.98. The molecule has 1 fully saturated rings. The number of nitrogens with zero attached hydrogens (tertiary/aromatic N) is 2. The number of fused-ring (bicyclic) bond motifs is 1. The Morgan fingerprint density at radius 1 is 1.43 bits per heavy atom. The standard InChI is InChI=1S/C16H21N3OS/c1-3-16(4-2)7-8-19(10-16)14(20)11-5-6-12-13(9-11)21-15(17)18-12/h5-6,9H,3-4,7-8,10H2,1-2H3,(H2,17,18). The number of anilines is 1. The number of rotatable bonds is 3. The van der Waals surface area contributed by atoms with Gasteiger partial charge >= 0.3 is 0 Å². The molecule has 1 amide bonds. The van der Waals surface area contributed by atoms with Crippen LogP contribution in [-0.4, -0.2) is 28.9 Å². The van der Waals surface area contributed by atoms with E-state index < -0.39 is 0 Å². The third kappa shape index (κ3) is 2.50. The lowest BCUT2D eigenvalue weighted by Gasteiger charge is -2.26. The number of amides is 1. The van der Waals surface area contributed by atoms with Gasteiger partial charge in [0.2, 0.25) is 0 Å². The van der Waals surface area contributed by atoms with E-state index in [9.17, 15) is 4.79 Å². The Morgan fingerprint density at radius 2 is 2.19 bits per heavy atom. The van der Waals surface area contributed by atoms with Gasteiger partial charge < -0.3 is 10.6 Å². The van der Waals surface area contributed by atoms with Crippen molar-refractivity contribution in [2.45, 2.75) is 33.1 Å². The maximum atomic E-state index is 12.7. The van der Waals surface area contributed by atoms with Crippen molar-refractivity contribution in [2.24, 2.45) is 5.41 Å². The molecule has 2 aromatic rings. The molecule has 4 nitrogen and oxygen atoms in total. The molecule has 1 aromatic carbocycles. The lowest BCUT2D eigenvalue weighted by atomic mass is 9.82. The fourth-order valence-electron chi connectivity index (χ4n) is 3.19. The maximum Gasteiger partial charge on any atom is 0.253 e. The van der Waals surface area contributed by atoms with Crippen LogP contribution < -0.4 is 5.73 Å². The molecule has 0 radical (unpaired) electrons. The Labute approximate surface area is 129 Å². The molecule has 3 rings (SSSR count). The minimum atomic E-state index is 0.132. The predicted molar refractivity (Wildman–Crippen MR) is 87.6 cm³/mol. The first-order valence-corrected chi connectivity index (χ1v) is 8.34. The van der Waals surface area contributed by atoms with E-state index in [0.717, 1.165) is 48.1 Å². The van der Waals surface area contributed by atoms with Crippen LogP contribution in [0.4, 0.5) is 5.13 Å². The van der Waals surface area contributed by atoms with Crippen LogP contribution in [0.2, 0.25) is 0 Å². The van der Waals surface area contributed by atoms with Gasteiger partial charge in [0.05, 0.1) is 10.2 Å². The highest BCUT2D eigenvalue weighted by Gasteiger charge is 2.37. The zero-order chi connectivity index (χ0) is 15.0. The summed E-state index contributed by atoms with van der Waals surface area (Å²) in [5, 5.41) is 0.548. The van der Waals surface area contributed by atoms with Gasteiger partial charge in [0.25, 0.3) is 5.91 Å². The number of hydrogen-bond donors (Lipinski definition) is 1. The molecule has 0 bridgehead atoms. The molecule has 1 aromatic heterocycles. The topological polar surface area (TPSA) is 59.2 Å². The molecule has 0 spiro atoms. The van der Waals surface area contributed by atoms with Crippen molar-refractivity contribution < 1.29 is 4.79 Å². The van der Waals surface area contributed by atoms with Gasteiger partial charge in [0.1, 0.15) is 0 Å². The molecule has 1 aliphatic rings. The first kappa shape index (κ1) is 14.3. The number of likely N-dealkylation sites (tertiary alicyclic amines) is 1. The molecule has 0 atom stereocenters. The lowest BCUT2D eigenvalue weighted by Crippen LogP contribution is -2.31. The highest BCUT2D eigenvalue weighted by Crippen LogP contribution is 2.37. The summed E-state index contributed by atoms with van der Waals surface area (Å²) in [6, 6.07) is 5.67. The van der Waals surface area contributed by atoms with Gasteiger partial charge in [-0.15, -0.1) is 0 Å². The molecular formula is C16H21N3OS. The van der Waals surface area contributed by atoms with Gasteiger partial charge in [-0.1, -0.05) is 25.2 Å². The number of thiazole rings is 1. The van der Waals surface area contributed by atoms with Crippen molar-refractivity contribution in [1.82, 2.24) is 9.88 Å². The molecule has 0 saturated carbocycles. The zero-order valence-electron chi connectivity index (χ0n) is 12.6. The summed E-state index contributed by atoms with van der Waals surface area (Å²) >= 11 is 1.43. The van der Waals surface area contributed by atoms with E-state index in [2.05, 4.69) is 18.8 Å². The molecule has 5 heteroatoms. The van der Waals surface area contributed by atoms with Crippen molar-refractivity contribution in [3.8, 4) is 0 Å². The fraction of sp³-hybridized carbons (Fsp3) is 0.500. The van der Waals surface area contributed by atoms with Crippen LogP contribution in [-0.2, 0) is 0 Å². The summed E-state index contributed by atoms with van der Waals surface area (Å²) in [6.07, 6.45) is 3.39. The summed E-state index contributed by atoms with van der Waals surface area (Å²) in [6.45, 7) is 6.19. The summed E-state index contributed by atoms with van der Waals surface area (Å²) in [7, 11) is 0. The van der Waals surface area contributed by atoms with E-state index in [1.54, 1.807) is 0 Å². The summed E-state index contributed by atoms with van der Waals surface area (Å²) in [5.74, 6) is 0.132. The smallest absolute Gasteiger partial charge is 0.253 e. The van der Waals surface area contributed by atoms with E-state index in [4.69, 9.17) is 5.73 Å². The maximum absolute atomic E-state index is 12.7. The highest BCUT2D eigenvalue weighted by molar-refractivity contribution is 7.22. The van der Waals surface area contributed by atoms with E-state index in [1.165, 1.54) is 11.3 Å². The molecular weight excluding hydrogens is 282 g/mol. The van der Waals surface area contributed by atoms with Gasteiger partial charge in [-0.3, -0.25) is 4.79 Å². The van der Waals surface area contributed by atoms with Crippen molar-refractivity contribution in [2.75, 3.05) is 18.8 Å². The summed E-state index contributed by atoms with van der Waals surface area (Å²) < 4.78 is 0.981. The van der Waals surface area contributed by atoms with Crippen LogP contribution in [0.3, 0.4) is 0 Å². The second-order valence-electron chi connectivity index (χ2n) is 5.92. The highest BCUT2D eigenvalue weighted by atomic mass is 32.1. The third-order valence-corrected chi connectivity index (χ3v) is 5.72. The molecule has 2 heterocycles. The number of nitrogen functional groups attached to an aromatic ring is 1. The van der Waals surface area contributed by atoms with Crippen molar-refractivity contribution in [1.29, 1.82) is 0 Å². The summed E-state index contributed by atoms with van der Waals surface area (Å²) in [4.78, 5) is 18.9. The van der Waals surface area contributed by atoms with E-state index in [1.807, 2.05) is 23.1 Å². The van der Waals surface area contributed by atoms with Crippen LogP contribution in [0.5, 0.6) is 0 Å². The Morgan fingerprint density at radius 3 is 2.86 bits per heavy atom. The van der Waals surface area contributed by atoms with Crippen molar-refractivity contribution in [3.05, 3.63) is 23.8 Å². The molecule has 0 aliphatic carbocycles. The normalized spacial score (nSPS) is 17.5. The molecule has 21 heavy (non-hydrogen) atoms. The van der Waals surface area contributed by atoms with Gasteiger partial charge in [-0.25, -0.2) is 4.98 Å². The van der Waals surface area contributed by atoms with Gasteiger partial charge in [-0.2, -0.15) is 0 Å².